The summed E-state index contributed by atoms with van der Waals surface area (Å²) >= 11 is 2.05. The second-order valence-electron chi connectivity index (χ2n) is 9.28. The van der Waals surface area contributed by atoms with Gasteiger partial charge in [0.15, 0.2) is 0 Å². The van der Waals surface area contributed by atoms with Gasteiger partial charge in [0.1, 0.15) is 0 Å². The van der Waals surface area contributed by atoms with Crippen molar-refractivity contribution in [3.63, 3.8) is 0 Å². The molecule has 0 heterocycles. The molecule has 0 aromatic heterocycles. The monoisotopic (exact) mass is 522 g/mol. The highest BCUT2D eigenvalue weighted by atomic mass is 32.2. The van der Waals surface area contributed by atoms with Gasteiger partial charge in [0, 0.05) is 18.5 Å². The molecule has 0 aliphatic carbocycles. The summed E-state index contributed by atoms with van der Waals surface area (Å²) in [4.78, 5) is 10.9. The first-order valence-corrected chi connectivity index (χ1v) is 15.4. The molecule has 202 valence electrons. The van der Waals surface area contributed by atoms with Crippen LogP contribution in [0.5, 0.6) is 0 Å². The molecule has 0 bridgehead atoms. The number of carbonyl (C=O) groups is 1. The van der Waals surface area contributed by atoms with Crippen molar-refractivity contribution in [2.24, 2.45) is 0 Å². The van der Waals surface area contributed by atoms with Gasteiger partial charge in [-0.25, -0.2) is 4.79 Å². The maximum absolute atomic E-state index is 10.9. The first kappa shape index (κ1) is 33.8. The van der Waals surface area contributed by atoms with Gasteiger partial charge in [-0.1, -0.05) is 90.9 Å². The third kappa shape index (κ3) is 18.1. The van der Waals surface area contributed by atoms with Gasteiger partial charge in [0.05, 0.1) is 12.7 Å². The van der Waals surface area contributed by atoms with Crippen molar-refractivity contribution >= 4 is 26.2 Å². The molecule has 3 atom stereocenters. The van der Waals surface area contributed by atoms with Gasteiger partial charge in [0.25, 0.3) is 5.34 Å². The number of carboxylic acid groups (broad SMARTS) is 1. The Morgan fingerprint density at radius 1 is 0.882 bits per heavy atom. The Kier molecular flexibility index (Phi) is 23.1. The van der Waals surface area contributed by atoms with E-state index in [0.29, 0.717) is 18.3 Å². The Hall–Kier alpha value is -0.200. The van der Waals surface area contributed by atoms with E-state index in [0.717, 1.165) is 0 Å². The highest BCUT2D eigenvalue weighted by Crippen LogP contribution is 2.25. The van der Waals surface area contributed by atoms with Crippen molar-refractivity contribution in [3.05, 3.63) is 0 Å². The van der Waals surface area contributed by atoms with E-state index in [4.69, 9.17) is 14.6 Å². The molecule has 0 spiro atoms. The van der Waals surface area contributed by atoms with Crippen LogP contribution in [0, 0.1) is 0 Å². The molecule has 0 aliphatic heterocycles. The molecule has 0 radical (unpaired) electrons. The number of rotatable bonds is 26. The van der Waals surface area contributed by atoms with Gasteiger partial charge in [-0.2, -0.15) is 11.8 Å². The van der Waals surface area contributed by atoms with E-state index in [1.165, 1.54) is 95.6 Å². The minimum atomic E-state index is -2.37. The van der Waals surface area contributed by atoms with Gasteiger partial charge in [-0.05, 0) is 31.9 Å². The molecular formula is C26H51O6PS. The molecular weight excluding hydrogens is 471 g/mol. The Labute approximate surface area is 214 Å². The van der Waals surface area contributed by atoms with Crippen LogP contribution in [0.25, 0.3) is 0 Å². The predicted molar refractivity (Wildman–Crippen MR) is 143 cm³/mol. The summed E-state index contributed by atoms with van der Waals surface area (Å²) in [6.45, 7) is 6.91. The Morgan fingerprint density at radius 3 is 2.00 bits per heavy atom. The molecule has 3 unspecified atom stereocenters. The second-order valence-corrected chi connectivity index (χ2v) is 11.6. The maximum atomic E-state index is 10.9. The summed E-state index contributed by atoms with van der Waals surface area (Å²) in [6, 6.07) is 0. The van der Waals surface area contributed by atoms with Crippen LogP contribution in [-0.2, 0) is 18.8 Å². The van der Waals surface area contributed by atoms with E-state index in [-0.39, 0.29) is 12.7 Å². The fourth-order valence-electron chi connectivity index (χ4n) is 3.75. The van der Waals surface area contributed by atoms with Gasteiger partial charge in [-0.3, -0.25) is 4.57 Å². The minimum Gasteiger partial charge on any atom is -0.478 e. The zero-order valence-corrected chi connectivity index (χ0v) is 23.7. The van der Waals surface area contributed by atoms with E-state index in [1.54, 1.807) is 0 Å². The number of hydrogen-bond donors (Lipinski definition) is 2. The highest BCUT2D eigenvalue weighted by Gasteiger charge is 2.37. The quantitative estimate of drug-likeness (QED) is 0.0899. The zero-order chi connectivity index (χ0) is 25.5. The molecule has 34 heavy (non-hydrogen) atoms. The smallest absolute Gasteiger partial charge is 0.350 e. The number of thioether (sulfide) groups is 1. The average Bonchev–Trinajstić information content (AvgIpc) is 2.83. The summed E-state index contributed by atoms with van der Waals surface area (Å²) < 4.78 is 22.1. The molecule has 0 aromatic rings. The molecule has 0 aliphatic rings. The first-order chi connectivity index (χ1) is 16.4. The average molecular weight is 523 g/mol. The van der Waals surface area contributed by atoms with E-state index in [9.17, 15) is 14.5 Å². The largest absolute Gasteiger partial charge is 0.478 e. The lowest BCUT2D eigenvalue weighted by molar-refractivity contribution is -0.154. The Balaban J connectivity index is 4.11. The van der Waals surface area contributed by atoms with Crippen LogP contribution in [0.2, 0.25) is 0 Å². The number of hydrogen-bond acceptors (Lipinski definition) is 6. The van der Waals surface area contributed by atoms with Crippen LogP contribution >= 0.6 is 20.2 Å². The molecule has 0 fully saturated rings. The molecule has 8 heteroatoms. The van der Waals surface area contributed by atoms with Crippen molar-refractivity contribution in [2.75, 3.05) is 25.6 Å². The number of carboxylic acids is 1. The Morgan fingerprint density at radius 2 is 1.44 bits per heavy atom. The normalized spacial score (nSPS) is 15.3. The standard InChI is InChI=1S/C26H51O6PS/c1-4-6-8-10-11-12-13-14-16-21-34-24(18-15-9-7-5-2)23(3)32-20-17-19-31-22-26(29,33-30)25(27)28/h23-24,29H,4-22H2,1-3H3,(H,27,28). The van der Waals surface area contributed by atoms with Crippen molar-refractivity contribution < 1.29 is 29.0 Å². The number of unbranched alkanes of at least 4 members (excludes halogenated alkanes) is 11. The van der Waals surface area contributed by atoms with Crippen LogP contribution in [0.1, 0.15) is 117 Å². The van der Waals surface area contributed by atoms with Crippen LogP contribution in [0.4, 0.5) is 0 Å². The van der Waals surface area contributed by atoms with Gasteiger partial charge >= 0.3 is 5.97 Å². The Bertz CT molecular complexity index is 496. The summed E-state index contributed by atoms with van der Waals surface area (Å²) in [5, 5.41) is 16.6. The summed E-state index contributed by atoms with van der Waals surface area (Å²) in [6.07, 6.45) is 19.1. The maximum Gasteiger partial charge on any atom is 0.350 e. The molecule has 0 saturated carbocycles. The molecule has 0 amide bonds. The topological polar surface area (TPSA) is 93.1 Å². The zero-order valence-electron chi connectivity index (χ0n) is 22.0. The van der Waals surface area contributed by atoms with E-state index in [1.807, 2.05) is 0 Å². The first-order valence-electron chi connectivity index (χ1n) is 13.5. The lowest BCUT2D eigenvalue weighted by Crippen LogP contribution is -2.37. The van der Waals surface area contributed by atoms with Gasteiger partial charge in [0.2, 0.25) is 8.46 Å². The number of aliphatic carboxylic acids is 1. The molecule has 0 aromatic carbocycles. The van der Waals surface area contributed by atoms with Crippen molar-refractivity contribution in [1.29, 1.82) is 0 Å². The number of ether oxygens (including phenoxy) is 2. The highest BCUT2D eigenvalue weighted by molar-refractivity contribution is 7.99. The van der Waals surface area contributed by atoms with Crippen LogP contribution in [-0.4, -0.2) is 58.5 Å². The summed E-state index contributed by atoms with van der Waals surface area (Å²) in [7, 11) is -0.870. The molecule has 6 nitrogen and oxygen atoms in total. The van der Waals surface area contributed by atoms with Gasteiger partial charge in [-0.15, -0.1) is 0 Å². The van der Waals surface area contributed by atoms with Crippen LogP contribution < -0.4 is 0 Å². The van der Waals surface area contributed by atoms with E-state index in [2.05, 4.69) is 32.5 Å². The molecule has 2 N–H and O–H groups in total. The fourth-order valence-corrected chi connectivity index (χ4v) is 5.33. The minimum absolute atomic E-state index is 0.154. The second kappa shape index (κ2) is 23.2. The third-order valence-corrected chi connectivity index (χ3v) is 8.25. The van der Waals surface area contributed by atoms with E-state index >= 15 is 0 Å². The lowest BCUT2D eigenvalue weighted by atomic mass is 10.1. The summed E-state index contributed by atoms with van der Waals surface area (Å²) in [5.41, 5.74) is 0. The van der Waals surface area contributed by atoms with Crippen molar-refractivity contribution in [1.82, 2.24) is 0 Å². The van der Waals surface area contributed by atoms with Gasteiger partial charge < -0.3 is 19.7 Å². The molecule has 0 rings (SSSR count). The van der Waals surface area contributed by atoms with Crippen LogP contribution in [0.15, 0.2) is 0 Å². The SMILES string of the molecule is CCCCCCCCCCCSC(CCCCCC)C(C)OCCCOCC(O)(P=O)C(=O)O. The van der Waals surface area contributed by atoms with Crippen molar-refractivity contribution in [3.8, 4) is 0 Å². The number of aliphatic hydroxyl groups is 1. The predicted octanol–water partition coefficient (Wildman–Crippen LogP) is 7.47. The third-order valence-electron chi connectivity index (χ3n) is 6.06. The molecule has 0 saturated heterocycles. The fraction of sp³-hybridized carbons (Fsp3) is 0.962. The lowest BCUT2D eigenvalue weighted by Gasteiger charge is -2.24. The summed E-state index contributed by atoms with van der Waals surface area (Å²) in [5.74, 6) is -0.364. The van der Waals surface area contributed by atoms with Crippen LogP contribution in [0.3, 0.4) is 0 Å². The van der Waals surface area contributed by atoms with Crippen molar-refractivity contribution in [2.45, 2.75) is 134 Å². The van der Waals surface area contributed by atoms with E-state index < -0.39 is 26.4 Å².